The van der Waals surface area contributed by atoms with Crippen LogP contribution >= 0.6 is 0 Å². The van der Waals surface area contributed by atoms with Gasteiger partial charge in [-0.1, -0.05) is 32.0 Å². The number of aliphatic hydroxyl groups is 1. The maximum Gasteiger partial charge on any atom is 0.322 e. The average molecular weight is 320 g/mol. The van der Waals surface area contributed by atoms with Crippen LogP contribution in [0.1, 0.15) is 44.6 Å². The Bertz CT molecular complexity index is 519. The molecule has 2 N–H and O–H groups in total. The number of hydrogen-bond acceptors (Lipinski definition) is 3. The third-order valence-electron chi connectivity index (χ3n) is 4.84. The predicted molar refractivity (Wildman–Crippen MR) is 91.8 cm³/mol. The molecule has 0 atom stereocenters. The van der Waals surface area contributed by atoms with Crippen LogP contribution in [0.4, 0.5) is 10.5 Å². The minimum absolute atomic E-state index is 0.0696. The topological polar surface area (TPSA) is 61.8 Å². The van der Waals surface area contributed by atoms with Gasteiger partial charge >= 0.3 is 6.03 Å². The molecule has 5 nitrogen and oxygen atoms in total. The molecule has 1 heterocycles. The van der Waals surface area contributed by atoms with E-state index >= 15 is 0 Å². The van der Waals surface area contributed by atoms with Crippen LogP contribution in [0, 0.1) is 0 Å². The minimum Gasteiger partial charge on any atom is -0.396 e. The second-order valence-corrected chi connectivity index (χ2v) is 6.54. The van der Waals surface area contributed by atoms with Crippen molar-refractivity contribution in [3.63, 3.8) is 0 Å². The molecule has 2 amide bonds. The first kappa shape index (κ1) is 17.8. The number of amides is 2. The van der Waals surface area contributed by atoms with Crippen molar-refractivity contribution in [1.82, 2.24) is 4.90 Å². The van der Waals surface area contributed by atoms with Gasteiger partial charge in [-0.15, -0.1) is 0 Å². The van der Waals surface area contributed by atoms with Crippen molar-refractivity contribution in [2.24, 2.45) is 0 Å². The Labute approximate surface area is 138 Å². The van der Waals surface area contributed by atoms with E-state index in [1.54, 1.807) is 4.90 Å². The van der Waals surface area contributed by atoms with Gasteiger partial charge in [-0.25, -0.2) is 4.79 Å². The van der Waals surface area contributed by atoms with E-state index in [-0.39, 0.29) is 18.2 Å². The molecule has 0 saturated carbocycles. The fourth-order valence-corrected chi connectivity index (χ4v) is 3.24. The van der Waals surface area contributed by atoms with Crippen molar-refractivity contribution < 1.29 is 14.6 Å². The Morgan fingerprint density at radius 3 is 2.61 bits per heavy atom. The van der Waals surface area contributed by atoms with Gasteiger partial charge in [-0.05, 0) is 36.8 Å². The van der Waals surface area contributed by atoms with Gasteiger partial charge in [0.25, 0.3) is 0 Å². The first-order valence-electron chi connectivity index (χ1n) is 8.32. The fraction of sp³-hybridized carbons (Fsp3) is 0.611. The van der Waals surface area contributed by atoms with E-state index in [0.717, 1.165) is 24.1 Å². The number of benzene rings is 1. The van der Waals surface area contributed by atoms with E-state index in [1.165, 1.54) is 0 Å². The standard InChI is InChI=1S/C18H28N2O3/c1-14(2)15-6-4-5-7-16(15)19-17(22)20(3)18(8-11-21)9-12-23-13-10-18/h4-7,14,21H,8-13H2,1-3H3,(H,19,22). The van der Waals surface area contributed by atoms with Gasteiger partial charge in [0, 0.05) is 32.6 Å². The molecule has 0 aliphatic carbocycles. The van der Waals surface area contributed by atoms with E-state index in [1.807, 2.05) is 31.3 Å². The van der Waals surface area contributed by atoms with Crippen molar-refractivity contribution in [2.45, 2.75) is 44.6 Å². The average Bonchev–Trinajstić information content (AvgIpc) is 2.55. The molecule has 1 fully saturated rings. The summed E-state index contributed by atoms with van der Waals surface area (Å²) >= 11 is 0. The number of para-hydroxylation sites is 1. The lowest BCUT2D eigenvalue weighted by atomic mass is 9.85. The maximum absolute atomic E-state index is 12.8. The number of hydrogen-bond donors (Lipinski definition) is 2. The summed E-state index contributed by atoms with van der Waals surface area (Å²) in [6, 6.07) is 7.76. The van der Waals surface area contributed by atoms with Crippen molar-refractivity contribution in [2.75, 3.05) is 32.2 Å². The van der Waals surface area contributed by atoms with Crippen molar-refractivity contribution in [3.05, 3.63) is 29.8 Å². The smallest absolute Gasteiger partial charge is 0.322 e. The molecule has 0 bridgehead atoms. The number of carbonyl (C=O) groups excluding carboxylic acids is 1. The Balaban J connectivity index is 2.15. The zero-order valence-corrected chi connectivity index (χ0v) is 14.3. The molecule has 5 heteroatoms. The highest BCUT2D eigenvalue weighted by Gasteiger charge is 2.38. The summed E-state index contributed by atoms with van der Waals surface area (Å²) in [5.41, 5.74) is 1.65. The summed E-state index contributed by atoms with van der Waals surface area (Å²) in [6.45, 7) is 5.54. The number of rotatable bonds is 5. The molecule has 0 spiro atoms. The summed E-state index contributed by atoms with van der Waals surface area (Å²) in [4.78, 5) is 14.5. The Hall–Kier alpha value is -1.59. The van der Waals surface area contributed by atoms with Crippen LogP contribution in [0.2, 0.25) is 0 Å². The lowest BCUT2D eigenvalue weighted by molar-refractivity contribution is -0.0108. The first-order chi connectivity index (χ1) is 11.0. The van der Waals surface area contributed by atoms with Crippen LogP contribution in [-0.2, 0) is 4.74 Å². The van der Waals surface area contributed by atoms with E-state index in [9.17, 15) is 9.90 Å². The third kappa shape index (κ3) is 4.03. The van der Waals surface area contributed by atoms with E-state index in [4.69, 9.17) is 4.74 Å². The fourth-order valence-electron chi connectivity index (χ4n) is 3.24. The molecule has 1 saturated heterocycles. The van der Waals surface area contributed by atoms with Gasteiger partial charge < -0.3 is 20.1 Å². The molecule has 0 aromatic heterocycles. The summed E-state index contributed by atoms with van der Waals surface area (Å²) in [5.74, 6) is 0.339. The highest BCUT2D eigenvalue weighted by atomic mass is 16.5. The molecule has 1 aliphatic heterocycles. The van der Waals surface area contributed by atoms with E-state index in [0.29, 0.717) is 25.6 Å². The lowest BCUT2D eigenvalue weighted by Gasteiger charge is -2.44. The SMILES string of the molecule is CC(C)c1ccccc1NC(=O)N(C)C1(CCO)CCOCC1. The van der Waals surface area contributed by atoms with Gasteiger partial charge in [0.1, 0.15) is 0 Å². The van der Waals surface area contributed by atoms with E-state index in [2.05, 4.69) is 19.2 Å². The second-order valence-electron chi connectivity index (χ2n) is 6.54. The number of nitrogens with zero attached hydrogens (tertiary/aromatic N) is 1. The zero-order valence-electron chi connectivity index (χ0n) is 14.3. The molecule has 1 aliphatic rings. The molecule has 0 radical (unpaired) electrons. The van der Waals surface area contributed by atoms with Crippen molar-refractivity contribution in [1.29, 1.82) is 0 Å². The van der Waals surface area contributed by atoms with Crippen LogP contribution in [0.15, 0.2) is 24.3 Å². The first-order valence-corrected chi connectivity index (χ1v) is 8.32. The zero-order chi connectivity index (χ0) is 16.9. The monoisotopic (exact) mass is 320 g/mol. The van der Waals surface area contributed by atoms with Crippen molar-refractivity contribution in [3.8, 4) is 0 Å². The van der Waals surface area contributed by atoms with Gasteiger partial charge in [0.2, 0.25) is 0 Å². The predicted octanol–water partition coefficient (Wildman–Crippen LogP) is 3.21. The number of urea groups is 1. The second kappa shape index (κ2) is 7.79. The van der Waals surface area contributed by atoms with E-state index < -0.39 is 0 Å². The molecule has 128 valence electrons. The molecule has 1 aromatic carbocycles. The summed E-state index contributed by atoms with van der Waals surface area (Å²) in [5, 5.41) is 12.5. The number of ether oxygens (including phenoxy) is 1. The van der Waals surface area contributed by atoms with Crippen LogP contribution in [0.3, 0.4) is 0 Å². The molecule has 0 unspecified atom stereocenters. The largest absolute Gasteiger partial charge is 0.396 e. The molecule has 2 rings (SSSR count). The maximum atomic E-state index is 12.8. The summed E-state index contributed by atoms with van der Waals surface area (Å²) in [6.07, 6.45) is 2.08. The Morgan fingerprint density at radius 2 is 2.00 bits per heavy atom. The van der Waals surface area contributed by atoms with Gasteiger partial charge in [0.05, 0.1) is 5.54 Å². The number of aliphatic hydroxyl groups excluding tert-OH is 1. The van der Waals surface area contributed by atoms with Crippen LogP contribution in [-0.4, -0.2) is 48.4 Å². The van der Waals surface area contributed by atoms with Crippen LogP contribution in [0.5, 0.6) is 0 Å². The number of carbonyl (C=O) groups is 1. The minimum atomic E-state index is -0.330. The molecular weight excluding hydrogens is 292 g/mol. The Morgan fingerprint density at radius 1 is 1.35 bits per heavy atom. The van der Waals surface area contributed by atoms with Crippen molar-refractivity contribution >= 4 is 11.7 Å². The van der Waals surface area contributed by atoms with Crippen LogP contribution in [0.25, 0.3) is 0 Å². The van der Waals surface area contributed by atoms with Crippen LogP contribution < -0.4 is 5.32 Å². The molecule has 23 heavy (non-hydrogen) atoms. The van der Waals surface area contributed by atoms with Gasteiger partial charge in [0.15, 0.2) is 0 Å². The summed E-state index contributed by atoms with van der Waals surface area (Å²) in [7, 11) is 1.81. The quantitative estimate of drug-likeness (QED) is 0.876. The molecular formula is C18H28N2O3. The molecule has 1 aromatic rings. The number of nitrogens with one attached hydrogen (secondary N) is 1. The third-order valence-corrected chi connectivity index (χ3v) is 4.84. The Kier molecular flexibility index (Phi) is 6.02. The highest BCUT2D eigenvalue weighted by molar-refractivity contribution is 5.90. The highest BCUT2D eigenvalue weighted by Crippen LogP contribution is 2.31. The lowest BCUT2D eigenvalue weighted by Crippen LogP contribution is -2.54. The van der Waals surface area contributed by atoms with Gasteiger partial charge in [-0.3, -0.25) is 0 Å². The number of anilines is 1. The van der Waals surface area contributed by atoms with Gasteiger partial charge in [-0.2, -0.15) is 0 Å². The normalized spacial score (nSPS) is 17.1. The summed E-state index contributed by atoms with van der Waals surface area (Å²) < 4.78 is 5.43.